The highest BCUT2D eigenvalue weighted by Gasteiger charge is 2.08. The standard InChI is InChI=1S/C7H10ClN3OS/c1-9-6(12)4-11(2)7-10-3-5(8)13-7/h3H,4H2,1-2H3,(H,9,12). The molecule has 1 aromatic rings. The lowest BCUT2D eigenvalue weighted by Gasteiger charge is -2.13. The maximum Gasteiger partial charge on any atom is 0.239 e. The Bertz CT molecular complexity index is 302. The van der Waals surface area contributed by atoms with Crippen LogP contribution in [-0.4, -0.2) is 31.5 Å². The van der Waals surface area contributed by atoms with Crippen molar-refractivity contribution in [2.45, 2.75) is 0 Å². The molecule has 0 fully saturated rings. The maximum atomic E-state index is 11.0. The molecule has 0 aliphatic rings. The van der Waals surface area contributed by atoms with Crippen LogP contribution in [0.3, 0.4) is 0 Å². The van der Waals surface area contributed by atoms with E-state index < -0.39 is 0 Å². The molecule has 6 heteroatoms. The van der Waals surface area contributed by atoms with E-state index in [1.165, 1.54) is 11.3 Å². The number of thiazole rings is 1. The van der Waals surface area contributed by atoms with Crippen molar-refractivity contribution in [3.05, 3.63) is 10.5 Å². The molecular weight excluding hydrogens is 210 g/mol. The SMILES string of the molecule is CNC(=O)CN(C)c1ncc(Cl)s1. The van der Waals surface area contributed by atoms with Gasteiger partial charge >= 0.3 is 0 Å². The van der Waals surface area contributed by atoms with Gasteiger partial charge in [0.15, 0.2) is 5.13 Å². The zero-order valence-electron chi connectivity index (χ0n) is 7.37. The Morgan fingerprint density at radius 3 is 3.00 bits per heavy atom. The van der Waals surface area contributed by atoms with Crippen LogP contribution in [-0.2, 0) is 4.79 Å². The van der Waals surface area contributed by atoms with Gasteiger partial charge in [-0.15, -0.1) is 0 Å². The molecule has 1 heterocycles. The van der Waals surface area contributed by atoms with Crippen LogP contribution in [0.2, 0.25) is 4.34 Å². The zero-order chi connectivity index (χ0) is 9.84. The largest absolute Gasteiger partial charge is 0.358 e. The minimum Gasteiger partial charge on any atom is -0.358 e. The number of nitrogens with zero attached hydrogens (tertiary/aromatic N) is 2. The highest BCUT2D eigenvalue weighted by molar-refractivity contribution is 7.19. The summed E-state index contributed by atoms with van der Waals surface area (Å²) in [7, 11) is 3.40. The molecule has 0 saturated heterocycles. The summed E-state index contributed by atoms with van der Waals surface area (Å²) in [6.07, 6.45) is 1.57. The van der Waals surface area contributed by atoms with Gasteiger partial charge in [-0.2, -0.15) is 0 Å². The van der Waals surface area contributed by atoms with Gasteiger partial charge in [0, 0.05) is 14.1 Å². The first-order chi connectivity index (χ1) is 6.13. The first-order valence-corrected chi connectivity index (χ1v) is 4.86. The molecule has 13 heavy (non-hydrogen) atoms. The Morgan fingerprint density at radius 1 is 1.85 bits per heavy atom. The summed E-state index contributed by atoms with van der Waals surface area (Å²) in [6, 6.07) is 0. The summed E-state index contributed by atoms with van der Waals surface area (Å²) < 4.78 is 0.624. The number of carbonyl (C=O) groups excluding carboxylic acids is 1. The molecule has 0 unspecified atom stereocenters. The Morgan fingerprint density at radius 2 is 2.54 bits per heavy atom. The number of nitrogens with one attached hydrogen (secondary N) is 1. The number of carbonyl (C=O) groups is 1. The molecule has 0 aromatic carbocycles. The van der Waals surface area contributed by atoms with Crippen molar-refractivity contribution < 1.29 is 4.79 Å². The van der Waals surface area contributed by atoms with E-state index in [1.807, 2.05) is 0 Å². The number of aromatic nitrogens is 1. The van der Waals surface area contributed by atoms with Crippen LogP contribution in [0.15, 0.2) is 6.20 Å². The Kier molecular flexibility index (Phi) is 3.50. The van der Waals surface area contributed by atoms with E-state index in [0.29, 0.717) is 10.9 Å². The molecule has 0 spiro atoms. The lowest BCUT2D eigenvalue weighted by atomic mass is 10.5. The number of likely N-dealkylation sites (N-methyl/N-ethyl adjacent to an activating group) is 2. The summed E-state index contributed by atoms with van der Waals surface area (Å²) in [5, 5.41) is 3.28. The van der Waals surface area contributed by atoms with Crippen molar-refractivity contribution >= 4 is 34.0 Å². The number of hydrogen-bond acceptors (Lipinski definition) is 4. The quantitative estimate of drug-likeness (QED) is 0.825. The second kappa shape index (κ2) is 4.43. The van der Waals surface area contributed by atoms with Crippen LogP contribution >= 0.6 is 22.9 Å². The van der Waals surface area contributed by atoms with Crippen molar-refractivity contribution in [1.29, 1.82) is 0 Å². The fourth-order valence-electron chi connectivity index (χ4n) is 0.784. The summed E-state index contributed by atoms with van der Waals surface area (Å²) in [5.74, 6) is -0.0474. The van der Waals surface area contributed by atoms with Gasteiger partial charge in [0.1, 0.15) is 4.34 Å². The van der Waals surface area contributed by atoms with Crippen LogP contribution < -0.4 is 10.2 Å². The molecular formula is C7H10ClN3OS. The fourth-order valence-corrected chi connectivity index (χ4v) is 1.65. The van der Waals surface area contributed by atoms with Crippen molar-refractivity contribution in [3.63, 3.8) is 0 Å². The Balaban J connectivity index is 2.58. The van der Waals surface area contributed by atoms with Crippen LogP contribution in [0.25, 0.3) is 0 Å². The number of rotatable bonds is 3. The van der Waals surface area contributed by atoms with Gasteiger partial charge in [0.05, 0.1) is 12.7 Å². The molecule has 1 rings (SSSR count). The molecule has 0 atom stereocenters. The average molecular weight is 220 g/mol. The van der Waals surface area contributed by atoms with Crippen molar-refractivity contribution in [1.82, 2.24) is 10.3 Å². The van der Waals surface area contributed by atoms with E-state index in [-0.39, 0.29) is 5.91 Å². The number of hydrogen-bond donors (Lipinski definition) is 1. The van der Waals surface area contributed by atoms with E-state index in [4.69, 9.17) is 11.6 Å². The Labute approximate surface area is 85.5 Å². The third-order valence-corrected chi connectivity index (χ3v) is 2.68. The summed E-state index contributed by atoms with van der Waals surface area (Å²) in [4.78, 5) is 16.8. The molecule has 1 amide bonds. The predicted molar refractivity (Wildman–Crippen MR) is 54.5 cm³/mol. The summed E-state index contributed by atoms with van der Waals surface area (Å²) >= 11 is 7.05. The molecule has 72 valence electrons. The number of amides is 1. The van der Waals surface area contributed by atoms with Crippen molar-refractivity contribution in [2.24, 2.45) is 0 Å². The van der Waals surface area contributed by atoms with Crippen molar-refractivity contribution in [2.75, 3.05) is 25.5 Å². The molecule has 0 radical (unpaired) electrons. The van der Waals surface area contributed by atoms with Crippen LogP contribution in [0.5, 0.6) is 0 Å². The van der Waals surface area contributed by atoms with E-state index >= 15 is 0 Å². The predicted octanol–water partition coefficient (Wildman–Crippen LogP) is 0.979. The van der Waals surface area contributed by atoms with Gasteiger partial charge < -0.3 is 10.2 Å². The van der Waals surface area contributed by atoms with Gasteiger partial charge in [0.2, 0.25) is 5.91 Å². The minimum atomic E-state index is -0.0474. The van der Waals surface area contributed by atoms with Gasteiger partial charge in [-0.3, -0.25) is 4.79 Å². The highest BCUT2D eigenvalue weighted by Crippen LogP contribution is 2.24. The van der Waals surface area contributed by atoms with E-state index in [2.05, 4.69) is 10.3 Å². The fraction of sp³-hybridized carbons (Fsp3) is 0.429. The topological polar surface area (TPSA) is 45.2 Å². The Hall–Kier alpha value is -0.810. The molecule has 4 nitrogen and oxygen atoms in total. The molecule has 0 saturated carbocycles. The van der Waals surface area contributed by atoms with Crippen LogP contribution in [0, 0.1) is 0 Å². The zero-order valence-corrected chi connectivity index (χ0v) is 8.95. The smallest absolute Gasteiger partial charge is 0.239 e. The van der Waals surface area contributed by atoms with Gasteiger partial charge in [-0.05, 0) is 0 Å². The highest BCUT2D eigenvalue weighted by atomic mass is 35.5. The second-order valence-electron chi connectivity index (χ2n) is 2.48. The molecule has 0 aliphatic heterocycles. The average Bonchev–Trinajstić information content (AvgIpc) is 2.51. The molecule has 0 bridgehead atoms. The van der Waals surface area contributed by atoms with Gasteiger partial charge in [-0.25, -0.2) is 4.98 Å². The van der Waals surface area contributed by atoms with Gasteiger partial charge in [-0.1, -0.05) is 22.9 Å². The lowest BCUT2D eigenvalue weighted by molar-refractivity contribution is -0.119. The van der Waals surface area contributed by atoms with Crippen LogP contribution in [0.1, 0.15) is 0 Å². The second-order valence-corrected chi connectivity index (χ2v) is 4.12. The van der Waals surface area contributed by atoms with Crippen LogP contribution in [0.4, 0.5) is 5.13 Å². The minimum absolute atomic E-state index is 0.0474. The monoisotopic (exact) mass is 219 g/mol. The molecule has 1 N–H and O–H groups in total. The first kappa shape index (κ1) is 10.3. The van der Waals surface area contributed by atoms with Gasteiger partial charge in [0.25, 0.3) is 0 Å². The van der Waals surface area contributed by atoms with E-state index in [0.717, 1.165) is 5.13 Å². The molecule has 0 aliphatic carbocycles. The van der Waals surface area contributed by atoms with Crippen molar-refractivity contribution in [3.8, 4) is 0 Å². The maximum absolute atomic E-state index is 11.0. The third-order valence-electron chi connectivity index (χ3n) is 1.45. The normalized spacial score (nSPS) is 9.77. The lowest BCUT2D eigenvalue weighted by Crippen LogP contribution is -2.32. The van der Waals surface area contributed by atoms with E-state index in [9.17, 15) is 4.79 Å². The summed E-state index contributed by atoms with van der Waals surface area (Å²) in [6.45, 7) is 0.292. The van der Waals surface area contributed by atoms with E-state index in [1.54, 1.807) is 25.2 Å². The summed E-state index contributed by atoms with van der Waals surface area (Å²) in [5.41, 5.74) is 0. The first-order valence-electron chi connectivity index (χ1n) is 3.66. The molecule has 1 aromatic heterocycles. The number of anilines is 1. The number of halogens is 1. The third kappa shape index (κ3) is 2.86.